The smallest absolute Gasteiger partial charge is 0.0348 e. The number of hydrogen-bond acceptors (Lipinski definition) is 0. The van der Waals surface area contributed by atoms with Crippen LogP contribution in [0.3, 0.4) is 0 Å². The van der Waals surface area contributed by atoms with Gasteiger partial charge in [-0.15, -0.1) is 0 Å². The molecule has 0 atom stereocenters. The third-order valence-electron chi connectivity index (χ3n) is 3.36. The lowest BCUT2D eigenvalue weighted by Crippen LogP contribution is -1.79. The second-order valence-electron chi connectivity index (χ2n) is 5.42. The molecule has 0 heterocycles. The second kappa shape index (κ2) is 19.4. The third kappa shape index (κ3) is 18.4. The molecule has 0 aliphatic rings. The number of hydrogen-bond donors (Lipinski definition) is 0. The van der Waals surface area contributed by atoms with Crippen LogP contribution in [0.4, 0.5) is 0 Å². The van der Waals surface area contributed by atoms with Gasteiger partial charge >= 0.3 is 0 Å². The third-order valence-corrected chi connectivity index (χ3v) is 3.36. The van der Waals surface area contributed by atoms with Crippen LogP contribution in [0.5, 0.6) is 0 Å². The highest BCUT2D eigenvalue weighted by molar-refractivity contribution is 5.18. The average Bonchev–Trinajstić information content (AvgIpc) is 2.54. The first-order valence-corrected chi connectivity index (χ1v) is 8.78. The highest BCUT2D eigenvalue weighted by Crippen LogP contribution is 2.09. The molecule has 0 nitrogen and oxygen atoms in total. The van der Waals surface area contributed by atoms with Crippen LogP contribution in [0.15, 0.2) is 66.8 Å². The van der Waals surface area contributed by atoms with Crippen molar-refractivity contribution in [1.29, 1.82) is 0 Å². The lowest BCUT2D eigenvalue weighted by atomic mass is 10.1. The molecular formula is C22H33. The van der Waals surface area contributed by atoms with E-state index in [-0.39, 0.29) is 0 Å². The minimum Gasteiger partial charge on any atom is -0.0845 e. The first-order chi connectivity index (χ1) is 10.9. The van der Waals surface area contributed by atoms with Crippen molar-refractivity contribution in [2.45, 2.75) is 64.7 Å². The van der Waals surface area contributed by atoms with Gasteiger partial charge in [0.25, 0.3) is 0 Å². The standard InChI is InChI=1S/C22H33/c1-3-5-7-9-11-13-15-17-19-21-22-20-18-16-14-12-10-8-6-4-2/h1,3,5,7,9,11,13,15,17,19,21-22H,4,6,8,10,12,14,16,18,20H2,2H3/b3-1?,7-5-,11-9+,15-13-,19-17-,22-21+. The van der Waals surface area contributed by atoms with Gasteiger partial charge in [-0.05, 0) is 12.8 Å². The molecule has 0 amide bonds. The molecule has 0 fully saturated rings. The minimum absolute atomic E-state index is 1.20. The van der Waals surface area contributed by atoms with Gasteiger partial charge in [-0.25, -0.2) is 0 Å². The number of unbranched alkanes of at least 4 members (excludes halogenated alkanes) is 8. The van der Waals surface area contributed by atoms with E-state index in [1.807, 2.05) is 36.5 Å². The van der Waals surface area contributed by atoms with Gasteiger partial charge in [-0.1, -0.05) is 125 Å². The summed E-state index contributed by atoms with van der Waals surface area (Å²) >= 11 is 0. The fraction of sp³-hybridized carbons (Fsp3) is 0.455. The zero-order chi connectivity index (χ0) is 16.1. The Hall–Kier alpha value is -1.56. The van der Waals surface area contributed by atoms with Gasteiger partial charge in [-0.3, -0.25) is 0 Å². The van der Waals surface area contributed by atoms with E-state index >= 15 is 0 Å². The zero-order valence-corrected chi connectivity index (χ0v) is 14.3. The Bertz CT molecular complexity index is 363. The van der Waals surface area contributed by atoms with E-state index < -0.39 is 0 Å². The highest BCUT2D eigenvalue weighted by atomic mass is 14.0. The first kappa shape index (κ1) is 20.4. The van der Waals surface area contributed by atoms with Crippen molar-refractivity contribution in [3.05, 3.63) is 73.4 Å². The average molecular weight is 298 g/mol. The van der Waals surface area contributed by atoms with Crippen molar-refractivity contribution >= 4 is 0 Å². The zero-order valence-electron chi connectivity index (χ0n) is 14.3. The Morgan fingerprint density at radius 2 is 1.00 bits per heavy atom. The van der Waals surface area contributed by atoms with Crippen LogP contribution in [-0.2, 0) is 0 Å². The van der Waals surface area contributed by atoms with Crippen LogP contribution in [-0.4, -0.2) is 0 Å². The summed E-state index contributed by atoms with van der Waals surface area (Å²) in [6, 6.07) is 0. The molecule has 0 heteroatoms. The van der Waals surface area contributed by atoms with Crippen molar-refractivity contribution < 1.29 is 0 Å². The fourth-order valence-corrected chi connectivity index (χ4v) is 2.08. The van der Waals surface area contributed by atoms with Crippen molar-refractivity contribution in [2.24, 2.45) is 0 Å². The highest BCUT2D eigenvalue weighted by Gasteiger charge is 1.89. The molecular weight excluding hydrogens is 264 g/mol. The Balaban J connectivity index is 3.41. The van der Waals surface area contributed by atoms with Crippen LogP contribution < -0.4 is 0 Å². The van der Waals surface area contributed by atoms with E-state index in [1.54, 1.807) is 6.08 Å². The van der Waals surface area contributed by atoms with E-state index in [0.29, 0.717) is 0 Å². The van der Waals surface area contributed by atoms with Crippen molar-refractivity contribution in [1.82, 2.24) is 0 Å². The molecule has 0 aromatic rings. The summed E-state index contributed by atoms with van der Waals surface area (Å²) in [5.74, 6) is 0. The van der Waals surface area contributed by atoms with Gasteiger partial charge in [0, 0.05) is 0 Å². The van der Waals surface area contributed by atoms with Gasteiger partial charge in [0.1, 0.15) is 0 Å². The van der Waals surface area contributed by atoms with Gasteiger partial charge in [0.2, 0.25) is 0 Å². The maximum Gasteiger partial charge on any atom is -0.0348 e. The quantitative estimate of drug-likeness (QED) is 0.233. The second-order valence-corrected chi connectivity index (χ2v) is 5.42. The van der Waals surface area contributed by atoms with Crippen LogP contribution in [0.25, 0.3) is 0 Å². The molecule has 121 valence electrons. The van der Waals surface area contributed by atoms with Crippen LogP contribution >= 0.6 is 0 Å². The summed E-state index contributed by atoms with van der Waals surface area (Å²) in [6.45, 7) is 7.49. The molecule has 0 aromatic heterocycles. The van der Waals surface area contributed by atoms with E-state index in [9.17, 15) is 0 Å². The Kier molecular flexibility index (Phi) is 18.1. The van der Waals surface area contributed by atoms with Crippen molar-refractivity contribution in [2.75, 3.05) is 0 Å². The lowest BCUT2D eigenvalue weighted by molar-refractivity contribution is 0.577. The van der Waals surface area contributed by atoms with E-state index in [1.165, 1.54) is 63.9 Å². The van der Waals surface area contributed by atoms with E-state index in [2.05, 4.69) is 25.2 Å². The summed E-state index contributed by atoms with van der Waals surface area (Å²) in [5, 5.41) is 0. The number of rotatable bonds is 14. The summed E-state index contributed by atoms with van der Waals surface area (Å²) < 4.78 is 0. The predicted molar refractivity (Wildman–Crippen MR) is 102 cm³/mol. The molecule has 0 saturated carbocycles. The normalized spacial score (nSPS) is 12.8. The van der Waals surface area contributed by atoms with Gasteiger partial charge in [0.15, 0.2) is 0 Å². The molecule has 1 radical (unpaired) electrons. The summed E-state index contributed by atoms with van der Waals surface area (Å²) in [7, 11) is 0. The lowest BCUT2D eigenvalue weighted by Gasteiger charge is -1.99. The molecule has 0 aliphatic heterocycles. The molecule has 0 bridgehead atoms. The maximum atomic E-state index is 5.22. The van der Waals surface area contributed by atoms with Crippen LogP contribution in [0.1, 0.15) is 64.7 Å². The topological polar surface area (TPSA) is 0 Å². The Labute approximate surface area is 138 Å². The van der Waals surface area contributed by atoms with E-state index in [4.69, 9.17) is 6.58 Å². The Morgan fingerprint density at radius 3 is 1.55 bits per heavy atom. The fourth-order valence-electron chi connectivity index (χ4n) is 2.08. The molecule has 0 unspecified atom stereocenters. The molecule has 0 rings (SSSR count). The van der Waals surface area contributed by atoms with Gasteiger partial charge in [-0.2, -0.15) is 0 Å². The molecule has 0 saturated heterocycles. The molecule has 0 aromatic carbocycles. The summed E-state index contributed by atoms with van der Waals surface area (Å²) in [5.41, 5.74) is 0. The summed E-state index contributed by atoms with van der Waals surface area (Å²) in [6.07, 6.45) is 34.0. The molecule has 0 spiro atoms. The van der Waals surface area contributed by atoms with Crippen molar-refractivity contribution in [3.63, 3.8) is 0 Å². The summed E-state index contributed by atoms with van der Waals surface area (Å²) in [4.78, 5) is 0. The maximum absolute atomic E-state index is 5.22. The largest absolute Gasteiger partial charge is 0.0845 e. The number of allylic oxidation sites excluding steroid dienone is 11. The Morgan fingerprint density at radius 1 is 0.545 bits per heavy atom. The molecule has 0 N–H and O–H groups in total. The van der Waals surface area contributed by atoms with Crippen LogP contribution in [0, 0.1) is 6.58 Å². The van der Waals surface area contributed by atoms with Crippen LogP contribution in [0.2, 0.25) is 0 Å². The minimum atomic E-state index is 1.20. The molecule has 0 aliphatic carbocycles. The van der Waals surface area contributed by atoms with Crippen molar-refractivity contribution in [3.8, 4) is 0 Å². The van der Waals surface area contributed by atoms with Gasteiger partial charge < -0.3 is 0 Å². The van der Waals surface area contributed by atoms with Gasteiger partial charge in [0.05, 0.1) is 0 Å². The van der Waals surface area contributed by atoms with E-state index in [0.717, 1.165) is 0 Å². The monoisotopic (exact) mass is 297 g/mol. The first-order valence-electron chi connectivity index (χ1n) is 8.78. The molecule has 22 heavy (non-hydrogen) atoms. The SMILES string of the molecule is [CH]=C\C=C/C=C/C=C\C=C/C=C/CCCCCCCCCC. The predicted octanol–water partition coefficient (Wildman–Crippen LogP) is 7.29.